The van der Waals surface area contributed by atoms with Crippen molar-refractivity contribution in [1.29, 1.82) is 0 Å². The second-order valence-corrected chi connectivity index (χ2v) is 17.6. The van der Waals surface area contributed by atoms with Gasteiger partial charge in [-0.15, -0.1) is 0 Å². The van der Waals surface area contributed by atoms with E-state index in [9.17, 15) is 19.2 Å². The minimum Gasteiger partial charge on any atom is -0.493 e. The van der Waals surface area contributed by atoms with Gasteiger partial charge in [0.2, 0.25) is 0 Å². The van der Waals surface area contributed by atoms with Crippen molar-refractivity contribution < 1.29 is 38.1 Å². The Labute approximate surface area is 379 Å². The number of carbonyl (C=O) groups is 4. The number of Topliss-reactive ketones (excluding diaryl/α,β-unsaturated/α-hetero) is 2. The van der Waals surface area contributed by atoms with Crippen LogP contribution in [0.5, 0.6) is 11.5 Å². The molecule has 340 valence electrons. The summed E-state index contributed by atoms with van der Waals surface area (Å²) in [4.78, 5) is 57.7. The summed E-state index contributed by atoms with van der Waals surface area (Å²) in [7, 11) is 0. The van der Waals surface area contributed by atoms with E-state index in [4.69, 9.17) is 18.9 Å². The molecule has 0 amide bonds. The molecule has 0 spiro atoms. The van der Waals surface area contributed by atoms with Crippen LogP contribution in [-0.2, 0) is 19.1 Å². The van der Waals surface area contributed by atoms with E-state index in [-0.39, 0.29) is 24.4 Å². The lowest BCUT2D eigenvalue weighted by Crippen LogP contribution is -2.22. The Bertz CT molecular complexity index is 2270. The van der Waals surface area contributed by atoms with Crippen LogP contribution in [0.25, 0.3) is 22.3 Å². The maximum absolute atomic E-state index is 13.6. The maximum Gasteiger partial charge on any atom is 0.331 e. The van der Waals surface area contributed by atoms with E-state index in [1.165, 1.54) is 25.7 Å². The van der Waals surface area contributed by atoms with Crippen LogP contribution in [0.3, 0.4) is 0 Å². The van der Waals surface area contributed by atoms with Crippen molar-refractivity contribution in [3.8, 4) is 33.8 Å². The zero-order valence-electron chi connectivity index (χ0n) is 38.7. The molecule has 4 aromatic rings. The van der Waals surface area contributed by atoms with Gasteiger partial charge in [-0.2, -0.15) is 0 Å². The maximum atomic E-state index is 13.6. The summed E-state index contributed by atoms with van der Waals surface area (Å²) in [5.74, 6) is -0.409. The molecular weight excluding hydrogens is 805 g/mol. The van der Waals surface area contributed by atoms with Crippen molar-refractivity contribution in [2.45, 2.75) is 105 Å². The monoisotopic (exact) mass is 870 g/mol. The molecule has 2 fully saturated rings. The molecule has 2 unspecified atom stereocenters. The summed E-state index contributed by atoms with van der Waals surface area (Å²) in [5.41, 5.74) is 8.55. The number of aryl methyl sites for hydroxylation is 4. The van der Waals surface area contributed by atoms with Gasteiger partial charge in [0.15, 0.2) is 11.6 Å². The van der Waals surface area contributed by atoms with Crippen molar-refractivity contribution in [1.82, 2.24) is 9.80 Å². The molecular formula is C54H66N2O8. The number of nitrogens with zero attached hydrogens (tertiary/aromatic N) is 2. The second-order valence-electron chi connectivity index (χ2n) is 17.6. The molecule has 0 bridgehead atoms. The number of rotatable bonds is 22. The zero-order valence-corrected chi connectivity index (χ0v) is 38.7. The molecule has 10 heteroatoms. The van der Waals surface area contributed by atoms with Crippen LogP contribution < -0.4 is 9.47 Å². The quantitative estimate of drug-likeness (QED) is 0.0328. The minimum absolute atomic E-state index is 0.0527. The average molecular weight is 871 g/mol. The van der Waals surface area contributed by atoms with Gasteiger partial charge in [-0.25, -0.2) is 9.59 Å². The minimum atomic E-state index is -0.784. The highest BCUT2D eigenvalue weighted by molar-refractivity contribution is 6.00. The predicted octanol–water partition coefficient (Wildman–Crippen LogP) is 10.2. The summed E-state index contributed by atoms with van der Waals surface area (Å²) in [6.45, 7) is 19.0. The topological polar surface area (TPSA) is 112 Å². The highest BCUT2D eigenvalue weighted by atomic mass is 16.5. The molecule has 64 heavy (non-hydrogen) atoms. The van der Waals surface area contributed by atoms with Gasteiger partial charge in [-0.3, -0.25) is 9.59 Å². The fourth-order valence-electron chi connectivity index (χ4n) is 8.67. The lowest BCUT2D eigenvalue weighted by atomic mass is 9.93. The van der Waals surface area contributed by atoms with Crippen molar-refractivity contribution in [2.24, 2.45) is 0 Å². The summed E-state index contributed by atoms with van der Waals surface area (Å²) < 4.78 is 23.8. The van der Waals surface area contributed by atoms with Gasteiger partial charge >= 0.3 is 11.9 Å². The van der Waals surface area contributed by atoms with Crippen LogP contribution in [0, 0.1) is 27.7 Å². The lowest BCUT2D eigenvalue weighted by Gasteiger charge is -2.19. The SMILES string of the molecule is Cc1ccc(-c2cc(C(=O)CC(C)OC(=O)/C=C/C(=O)OC(C)CC(=O)c3cc(C)c(OCCCN4CCCC4)c(-c4ccccc4C)c3)cc(C)c2OCCCN2CCCC2)cc1. The molecule has 2 heterocycles. The lowest BCUT2D eigenvalue weighted by molar-refractivity contribution is -0.144. The van der Waals surface area contributed by atoms with Crippen molar-refractivity contribution in [2.75, 3.05) is 52.5 Å². The number of esters is 2. The number of carbonyl (C=O) groups excluding carboxylic acids is 4. The first kappa shape index (κ1) is 47.9. The van der Waals surface area contributed by atoms with Crippen LogP contribution in [0.4, 0.5) is 0 Å². The number of likely N-dealkylation sites (tertiary alicyclic amines) is 2. The smallest absolute Gasteiger partial charge is 0.331 e. The third-order valence-electron chi connectivity index (χ3n) is 12.1. The molecule has 6 rings (SSSR count). The number of ether oxygens (including phenoxy) is 4. The van der Waals surface area contributed by atoms with Crippen LogP contribution in [-0.4, -0.2) is 98.0 Å². The van der Waals surface area contributed by atoms with Gasteiger partial charge in [0, 0.05) is 60.3 Å². The molecule has 4 aromatic carbocycles. The van der Waals surface area contributed by atoms with Crippen molar-refractivity contribution in [3.63, 3.8) is 0 Å². The molecule has 10 nitrogen and oxygen atoms in total. The Balaban J connectivity index is 1.01. The number of benzene rings is 4. The Hall–Kier alpha value is -5.58. The van der Waals surface area contributed by atoms with Crippen LogP contribution in [0.2, 0.25) is 0 Å². The first-order valence-electron chi connectivity index (χ1n) is 23.1. The first-order chi connectivity index (χ1) is 30.8. The van der Waals surface area contributed by atoms with Gasteiger partial charge in [-0.05, 0) is 158 Å². The van der Waals surface area contributed by atoms with Crippen molar-refractivity contribution >= 4 is 23.5 Å². The first-order valence-corrected chi connectivity index (χ1v) is 23.1. The molecule has 2 aliphatic heterocycles. The van der Waals surface area contributed by atoms with Crippen LogP contribution in [0.1, 0.15) is 108 Å². The molecule has 2 saturated heterocycles. The average Bonchev–Trinajstić information content (AvgIpc) is 3.99. The number of hydrogen-bond acceptors (Lipinski definition) is 10. The van der Waals surface area contributed by atoms with Gasteiger partial charge in [0.25, 0.3) is 0 Å². The van der Waals surface area contributed by atoms with E-state index >= 15 is 0 Å². The summed E-state index contributed by atoms with van der Waals surface area (Å²) >= 11 is 0. The predicted molar refractivity (Wildman–Crippen MR) is 252 cm³/mol. The van der Waals surface area contributed by atoms with E-state index in [2.05, 4.69) is 9.80 Å². The molecule has 0 aliphatic carbocycles. The Morgan fingerprint density at radius 2 is 1.02 bits per heavy atom. The van der Waals surface area contributed by atoms with Gasteiger partial charge < -0.3 is 28.7 Å². The van der Waals surface area contributed by atoms with Gasteiger partial charge in [0.05, 0.1) is 13.2 Å². The molecule has 2 atom stereocenters. The summed E-state index contributed by atoms with van der Waals surface area (Å²) in [5, 5.41) is 0. The Morgan fingerprint density at radius 3 is 1.50 bits per heavy atom. The largest absolute Gasteiger partial charge is 0.493 e. The third kappa shape index (κ3) is 13.7. The second kappa shape index (κ2) is 23.4. The van der Waals surface area contributed by atoms with E-state index in [0.29, 0.717) is 24.3 Å². The fourth-order valence-corrected chi connectivity index (χ4v) is 8.67. The molecule has 2 aliphatic rings. The highest BCUT2D eigenvalue weighted by Gasteiger charge is 2.22. The Kier molecular flexibility index (Phi) is 17.5. The standard InChI is InChI=1S/C54H66N2O8/c1-37-17-19-43(20-18-37)47-35-44(31-39(3)53(47)61-29-13-27-55-23-9-10-24-55)49(57)33-41(5)63-51(59)21-22-52(60)64-42(6)34-50(58)45-32-40(4)54(62-30-14-28-56-25-11-12-26-56)48(36-45)46-16-8-7-15-38(46)2/h7-8,15-22,31-32,35-36,41-42H,9-14,23-30,33-34H2,1-6H3/b22-21+. The van der Waals surface area contributed by atoms with Crippen LogP contribution in [0.15, 0.2) is 84.9 Å². The molecule has 0 aromatic heterocycles. The molecule has 0 radical (unpaired) electrons. The van der Waals surface area contributed by atoms with E-state index in [1.54, 1.807) is 13.8 Å². The van der Waals surface area contributed by atoms with Gasteiger partial charge in [0.1, 0.15) is 23.7 Å². The third-order valence-corrected chi connectivity index (χ3v) is 12.1. The van der Waals surface area contributed by atoms with Crippen molar-refractivity contribution in [3.05, 3.63) is 118 Å². The van der Waals surface area contributed by atoms with E-state index in [1.807, 2.05) is 100 Å². The van der Waals surface area contributed by atoms with E-state index < -0.39 is 24.1 Å². The summed E-state index contributed by atoms with van der Waals surface area (Å²) in [6, 6.07) is 23.6. The Morgan fingerprint density at radius 1 is 0.562 bits per heavy atom. The summed E-state index contributed by atoms with van der Waals surface area (Å²) in [6.07, 6.45) is 7.18. The fraction of sp³-hybridized carbons (Fsp3) is 0.444. The normalized spacial score (nSPS) is 15.3. The van der Waals surface area contributed by atoms with E-state index in [0.717, 1.165) is 120 Å². The highest BCUT2D eigenvalue weighted by Crippen LogP contribution is 2.38. The number of ketones is 2. The zero-order chi connectivity index (χ0) is 45.6. The molecule has 0 saturated carbocycles. The van der Waals surface area contributed by atoms with Gasteiger partial charge in [-0.1, -0.05) is 54.1 Å². The molecule has 0 N–H and O–H groups in total. The van der Waals surface area contributed by atoms with Crippen LogP contribution >= 0.6 is 0 Å². The number of hydrogen-bond donors (Lipinski definition) is 0.